The molecule has 4 aromatic carbocycles. The fraction of sp³-hybridized carbons (Fsp3) is 0.152. The normalized spacial score (nSPS) is 10.7. The van der Waals surface area contributed by atoms with Gasteiger partial charge in [-0.15, -0.1) is 0 Å². The lowest BCUT2D eigenvalue weighted by Crippen LogP contribution is -2.18. The van der Waals surface area contributed by atoms with Crippen molar-refractivity contribution >= 4 is 52.9 Å². The van der Waals surface area contributed by atoms with Crippen LogP contribution >= 0.6 is 23.2 Å². The third-order valence-electron chi connectivity index (χ3n) is 6.33. The number of nitrogens with one attached hydrogen (secondary N) is 2. The van der Waals surface area contributed by atoms with Crippen molar-refractivity contribution in [1.82, 2.24) is 5.43 Å². The molecule has 4 rings (SSSR count). The molecule has 0 aliphatic rings. The van der Waals surface area contributed by atoms with Crippen molar-refractivity contribution < 1.29 is 38.1 Å². The summed E-state index contributed by atoms with van der Waals surface area (Å²) in [6, 6.07) is 18.6. The SMILES string of the molecule is CCOc1cc(/C=N\NC(=O)c2ccc(NC(=O)c3cc(OC)c(OC)c(OC)c3)cc2)ccc1OC(=O)c1ccc(Cl)cc1Cl. The summed E-state index contributed by atoms with van der Waals surface area (Å²) in [5, 5.41) is 7.33. The number of amides is 2. The quantitative estimate of drug-likeness (QED) is 0.0743. The van der Waals surface area contributed by atoms with Gasteiger partial charge in [0.1, 0.15) is 0 Å². The molecule has 0 radical (unpaired) electrons. The molecule has 0 saturated heterocycles. The summed E-state index contributed by atoms with van der Waals surface area (Å²) in [4.78, 5) is 38.2. The van der Waals surface area contributed by atoms with Crippen LogP contribution < -0.4 is 34.4 Å². The molecule has 238 valence electrons. The second kappa shape index (κ2) is 15.6. The largest absolute Gasteiger partial charge is 0.493 e. The van der Waals surface area contributed by atoms with Crippen molar-refractivity contribution in [2.45, 2.75) is 6.92 Å². The van der Waals surface area contributed by atoms with Crippen LogP contribution in [0.2, 0.25) is 10.0 Å². The molecule has 11 nitrogen and oxygen atoms in total. The Hall–Kier alpha value is -5.26. The fourth-order valence-electron chi connectivity index (χ4n) is 4.12. The summed E-state index contributed by atoms with van der Waals surface area (Å²) in [5.41, 5.74) is 4.22. The van der Waals surface area contributed by atoms with Gasteiger partial charge in [-0.05, 0) is 85.3 Å². The zero-order valence-corrected chi connectivity index (χ0v) is 26.7. The molecule has 0 aromatic heterocycles. The minimum atomic E-state index is -0.678. The summed E-state index contributed by atoms with van der Waals surface area (Å²) < 4.78 is 27.0. The van der Waals surface area contributed by atoms with E-state index in [1.807, 2.05) is 0 Å². The van der Waals surface area contributed by atoms with Crippen LogP contribution in [0.5, 0.6) is 28.7 Å². The topological polar surface area (TPSA) is 134 Å². The number of carbonyl (C=O) groups is 3. The number of hydrogen-bond acceptors (Lipinski definition) is 9. The number of anilines is 1. The third-order valence-corrected chi connectivity index (χ3v) is 6.88. The second-order valence-electron chi connectivity index (χ2n) is 9.30. The molecule has 2 amide bonds. The molecular formula is C33H29Cl2N3O8. The molecule has 13 heteroatoms. The van der Waals surface area contributed by atoms with E-state index in [0.717, 1.165) is 0 Å². The molecule has 0 atom stereocenters. The number of halogens is 2. The van der Waals surface area contributed by atoms with Gasteiger partial charge in [0.25, 0.3) is 11.8 Å². The minimum Gasteiger partial charge on any atom is -0.493 e. The first-order chi connectivity index (χ1) is 22.2. The van der Waals surface area contributed by atoms with Crippen LogP contribution in [0.15, 0.2) is 77.9 Å². The van der Waals surface area contributed by atoms with Gasteiger partial charge < -0.3 is 29.0 Å². The fourth-order valence-corrected chi connectivity index (χ4v) is 4.60. The first kappa shape index (κ1) is 33.6. The van der Waals surface area contributed by atoms with Crippen molar-refractivity contribution in [3.8, 4) is 28.7 Å². The molecule has 0 fully saturated rings. The summed E-state index contributed by atoms with van der Waals surface area (Å²) >= 11 is 12.0. The number of hydrazone groups is 1. The first-order valence-corrected chi connectivity index (χ1v) is 14.4. The number of nitrogens with zero attached hydrogens (tertiary/aromatic N) is 1. The van der Waals surface area contributed by atoms with Crippen molar-refractivity contribution in [1.29, 1.82) is 0 Å². The Labute approximate surface area is 275 Å². The number of ether oxygens (including phenoxy) is 5. The molecule has 0 unspecified atom stereocenters. The van der Waals surface area contributed by atoms with Gasteiger partial charge in [0.2, 0.25) is 5.75 Å². The maximum absolute atomic E-state index is 12.9. The number of esters is 1. The molecule has 0 bridgehead atoms. The molecule has 0 spiro atoms. The number of methoxy groups -OCH3 is 3. The van der Waals surface area contributed by atoms with Crippen LogP contribution in [-0.4, -0.2) is 51.9 Å². The van der Waals surface area contributed by atoms with Crippen molar-refractivity contribution in [3.05, 3.63) is 105 Å². The van der Waals surface area contributed by atoms with Crippen LogP contribution in [0.4, 0.5) is 5.69 Å². The van der Waals surface area contributed by atoms with Crippen LogP contribution in [-0.2, 0) is 0 Å². The maximum Gasteiger partial charge on any atom is 0.345 e. The Morgan fingerprint density at radius 2 is 1.46 bits per heavy atom. The van der Waals surface area contributed by atoms with Gasteiger partial charge in [0, 0.05) is 21.8 Å². The van der Waals surface area contributed by atoms with Crippen molar-refractivity contribution in [2.75, 3.05) is 33.3 Å². The smallest absolute Gasteiger partial charge is 0.345 e. The predicted molar refractivity (Wildman–Crippen MR) is 175 cm³/mol. The Bertz CT molecular complexity index is 1750. The molecule has 0 aliphatic carbocycles. The summed E-state index contributed by atoms with van der Waals surface area (Å²) in [6.45, 7) is 2.09. The average Bonchev–Trinajstić information content (AvgIpc) is 3.05. The number of hydrogen-bond donors (Lipinski definition) is 2. The summed E-state index contributed by atoms with van der Waals surface area (Å²) in [6.07, 6.45) is 1.41. The number of benzene rings is 4. The van der Waals surface area contributed by atoms with E-state index in [4.69, 9.17) is 46.9 Å². The predicted octanol–water partition coefficient (Wildman–Crippen LogP) is 6.65. The Morgan fingerprint density at radius 3 is 2.07 bits per heavy atom. The lowest BCUT2D eigenvalue weighted by molar-refractivity contribution is 0.0728. The second-order valence-corrected chi connectivity index (χ2v) is 10.1. The maximum atomic E-state index is 12.9. The Kier molecular flexibility index (Phi) is 11.4. The van der Waals surface area contributed by atoms with Crippen LogP contribution in [0, 0.1) is 0 Å². The lowest BCUT2D eigenvalue weighted by atomic mass is 10.1. The molecule has 2 N–H and O–H groups in total. The van der Waals surface area contributed by atoms with E-state index in [9.17, 15) is 14.4 Å². The van der Waals surface area contributed by atoms with Gasteiger partial charge >= 0.3 is 5.97 Å². The highest BCUT2D eigenvalue weighted by atomic mass is 35.5. The minimum absolute atomic E-state index is 0.149. The van der Waals surface area contributed by atoms with E-state index in [1.54, 1.807) is 49.4 Å². The number of rotatable bonds is 12. The van der Waals surface area contributed by atoms with E-state index < -0.39 is 17.8 Å². The highest BCUT2D eigenvalue weighted by Crippen LogP contribution is 2.38. The monoisotopic (exact) mass is 665 g/mol. The molecule has 46 heavy (non-hydrogen) atoms. The van der Waals surface area contributed by atoms with E-state index in [0.29, 0.717) is 51.4 Å². The Morgan fingerprint density at radius 1 is 0.761 bits per heavy atom. The van der Waals surface area contributed by atoms with Gasteiger partial charge in [-0.3, -0.25) is 9.59 Å². The number of carbonyl (C=O) groups excluding carboxylic acids is 3. The summed E-state index contributed by atoms with van der Waals surface area (Å²) in [7, 11) is 4.39. The van der Waals surface area contributed by atoms with E-state index >= 15 is 0 Å². The molecule has 0 aliphatic heterocycles. The Balaban J connectivity index is 1.38. The molecule has 4 aromatic rings. The van der Waals surface area contributed by atoms with Crippen molar-refractivity contribution in [3.63, 3.8) is 0 Å². The van der Waals surface area contributed by atoms with Crippen molar-refractivity contribution in [2.24, 2.45) is 5.10 Å². The van der Waals surface area contributed by atoms with Gasteiger partial charge in [0.05, 0.1) is 44.7 Å². The summed E-state index contributed by atoms with van der Waals surface area (Å²) in [5.74, 6) is -0.0517. The van der Waals surface area contributed by atoms with E-state index in [1.165, 1.54) is 57.9 Å². The highest BCUT2D eigenvalue weighted by molar-refractivity contribution is 6.36. The van der Waals surface area contributed by atoms with Gasteiger partial charge in [0.15, 0.2) is 23.0 Å². The molecule has 0 heterocycles. The lowest BCUT2D eigenvalue weighted by Gasteiger charge is -2.14. The first-order valence-electron chi connectivity index (χ1n) is 13.7. The van der Waals surface area contributed by atoms with Crippen LogP contribution in [0.25, 0.3) is 0 Å². The van der Waals surface area contributed by atoms with Gasteiger partial charge in [-0.25, -0.2) is 10.2 Å². The zero-order chi connectivity index (χ0) is 33.2. The third kappa shape index (κ3) is 8.26. The van der Waals surface area contributed by atoms with Crippen LogP contribution in [0.1, 0.15) is 43.6 Å². The van der Waals surface area contributed by atoms with Gasteiger partial charge in [-0.1, -0.05) is 23.2 Å². The van der Waals surface area contributed by atoms with Crippen LogP contribution in [0.3, 0.4) is 0 Å². The average molecular weight is 667 g/mol. The molecule has 0 saturated carbocycles. The molecular weight excluding hydrogens is 637 g/mol. The van der Waals surface area contributed by atoms with Gasteiger partial charge in [-0.2, -0.15) is 5.10 Å². The standard InChI is InChI=1S/C33H29Cl2N3O8/c1-5-45-27-14-19(6-13-26(27)46-33(41)24-12-9-22(34)17-25(24)35)18-36-38-32(40)20-7-10-23(11-8-20)37-31(39)21-15-28(42-2)30(44-4)29(16-21)43-3/h6-18H,5H2,1-4H3,(H,37,39)(H,38,40)/b36-18-. The van der Waals surface area contributed by atoms with E-state index in [2.05, 4.69) is 15.8 Å². The van der Waals surface area contributed by atoms with E-state index in [-0.39, 0.29) is 21.9 Å². The highest BCUT2D eigenvalue weighted by Gasteiger charge is 2.18. The zero-order valence-electron chi connectivity index (χ0n) is 25.2.